The van der Waals surface area contributed by atoms with Crippen molar-refractivity contribution >= 4 is 17.8 Å². The molecule has 0 unspecified atom stereocenters. The van der Waals surface area contributed by atoms with E-state index in [1.54, 1.807) is 24.4 Å². The monoisotopic (exact) mass is 318 g/mol. The highest BCUT2D eigenvalue weighted by Crippen LogP contribution is 2.25. The van der Waals surface area contributed by atoms with E-state index < -0.39 is 0 Å². The standard InChI is InChI=1S/C20H15FN2O/c21-17-9-4-6-15(14-17)11-12-19(24)23-20-18(10-5-13-22-20)16-7-2-1-3-8-16/h1-14H,(H,22,23,24). The number of nitrogens with one attached hydrogen (secondary N) is 1. The van der Waals surface area contributed by atoms with Crippen molar-refractivity contribution in [1.82, 2.24) is 4.98 Å². The zero-order chi connectivity index (χ0) is 16.8. The third-order valence-electron chi connectivity index (χ3n) is 3.41. The van der Waals surface area contributed by atoms with Crippen molar-refractivity contribution < 1.29 is 9.18 Å². The van der Waals surface area contributed by atoms with Gasteiger partial charge in [0, 0.05) is 17.8 Å². The van der Waals surface area contributed by atoms with E-state index in [2.05, 4.69) is 10.3 Å². The first-order chi connectivity index (χ1) is 11.7. The van der Waals surface area contributed by atoms with Crippen LogP contribution in [-0.4, -0.2) is 10.9 Å². The van der Waals surface area contributed by atoms with Crippen LogP contribution in [0.15, 0.2) is 79.0 Å². The molecule has 0 spiro atoms. The molecule has 3 aromatic rings. The normalized spacial score (nSPS) is 10.7. The van der Waals surface area contributed by atoms with E-state index in [9.17, 15) is 9.18 Å². The van der Waals surface area contributed by atoms with Gasteiger partial charge in [0.2, 0.25) is 5.91 Å². The molecular formula is C20H15FN2O. The van der Waals surface area contributed by atoms with Gasteiger partial charge in [0.15, 0.2) is 0 Å². The highest BCUT2D eigenvalue weighted by Gasteiger charge is 2.07. The number of carbonyl (C=O) groups excluding carboxylic acids is 1. The number of anilines is 1. The van der Waals surface area contributed by atoms with Crippen LogP contribution < -0.4 is 5.32 Å². The van der Waals surface area contributed by atoms with Gasteiger partial charge in [0.25, 0.3) is 0 Å². The lowest BCUT2D eigenvalue weighted by Crippen LogP contribution is -2.10. The van der Waals surface area contributed by atoms with Crippen molar-refractivity contribution in [3.8, 4) is 11.1 Å². The summed E-state index contributed by atoms with van der Waals surface area (Å²) in [6.45, 7) is 0. The lowest BCUT2D eigenvalue weighted by Gasteiger charge is -2.08. The zero-order valence-electron chi connectivity index (χ0n) is 12.8. The first kappa shape index (κ1) is 15.6. The van der Waals surface area contributed by atoms with Gasteiger partial charge in [-0.25, -0.2) is 9.37 Å². The van der Waals surface area contributed by atoms with Gasteiger partial charge in [0.05, 0.1) is 0 Å². The molecule has 24 heavy (non-hydrogen) atoms. The van der Waals surface area contributed by atoms with E-state index >= 15 is 0 Å². The average molecular weight is 318 g/mol. The van der Waals surface area contributed by atoms with Crippen LogP contribution in [0.2, 0.25) is 0 Å². The van der Waals surface area contributed by atoms with Crippen LogP contribution in [0.5, 0.6) is 0 Å². The second kappa shape index (κ2) is 7.33. The van der Waals surface area contributed by atoms with Gasteiger partial charge in [0.1, 0.15) is 11.6 Å². The van der Waals surface area contributed by atoms with Crippen molar-refractivity contribution in [2.24, 2.45) is 0 Å². The third kappa shape index (κ3) is 3.93. The Morgan fingerprint density at radius 3 is 2.62 bits per heavy atom. The summed E-state index contributed by atoms with van der Waals surface area (Å²) in [4.78, 5) is 16.4. The number of aromatic nitrogens is 1. The van der Waals surface area contributed by atoms with E-state index in [1.165, 1.54) is 18.2 Å². The summed E-state index contributed by atoms with van der Waals surface area (Å²) in [6, 6.07) is 19.5. The highest BCUT2D eigenvalue weighted by atomic mass is 19.1. The SMILES string of the molecule is O=C(C=Cc1cccc(F)c1)Nc1ncccc1-c1ccccc1. The van der Waals surface area contributed by atoms with E-state index in [0.29, 0.717) is 11.4 Å². The molecule has 0 saturated heterocycles. The first-order valence-corrected chi connectivity index (χ1v) is 7.47. The second-order valence-electron chi connectivity index (χ2n) is 5.14. The second-order valence-corrected chi connectivity index (χ2v) is 5.14. The molecule has 0 bridgehead atoms. The Morgan fingerprint density at radius 2 is 1.83 bits per heavy atom. The van der Waals surface area contributed by atoms with Crippen LogP contribution in [-0.2, 0) is 4.79 Å². The van der Waals surface area contributed by atoms with Gasteiger partial charge >= 0.3 is 0 Å². The molecule has 118 valence electrons. The minimum Gasteiger partial charge on any atom is -0.307 e. The zero-order valence-corrected chi connectivity index (χ0v) is 12.8. The Kier molecular flexibility index (Phi) is 4.77. The van der Waals surface area contributed by atoms with Crippen LogP contribution in [0, 0.1) is 5.82 Å². The number of benzene rings is 2. The predicted octanol–water partition coefficient (Wildman–Crippen LogP) is 4.54. The van der Waals surface area contributed by atoms with Crippen molar-refractivity contribution in [2.75, 3.05) is 5.32 Å². The minimum atomic E-state index is -0.339. The number of hydrogen-bond donors (Lipinski definition) is 1. The Bertz CT molecular complexity index is 876. The number of rotatable bonds is 4. The van der Waals surface area contributed by atoms with Crippen LogP contribution >= 0.6 is 0 Å². The average Bonchev–Trinajstić information content (AvgIpc) is 2.61. The number of nitrogens with zero attached hydrogens (tertiary/aromatic N) is 1. The number of halogens is 1. The molecule has 0 aliphatic heterocycles. The van der Waals surface area contributed by atoms with Crippen molar-refractivity contribution in [2.45, 2.75) is 0 Å². The maximum Gasteiger partial charge on any atom is 0.249 e. The fourth-order valence-corrected chi connectivity index (χ4v) is 2.30. The molecule has 2 aromatic carbocycles. The van der Waals surface area contributed by atoms with Crippen molar-refractivity contribution in [3.05, 3.63) is 90.4 Å². The van der Waals surface area contributed by atoms with Gasteiger partial charge in [-0.15, -0.1) is 0 Å². The predicted molar refractivity (Wildman–Crippen MR) is 93.7 cm³/mol. The summed E-state index contributed by atoms with van der Waals surface area (Å²) < 4.78 is 13.1. The largest absolute Gasteiger partial charge is 0.307 e. The number of amides is 1. The number of pyridine rings is 1. The van der Waals surface area contributed by atoms with Gasteiger partial charge in [-0.1, -0.05) is 42.5 Å². The lowest BCUT2D eigenvalue weighted by molar-refractivity contribution is -0.111. The smallest absolute Gasteiger partial charge is 0.249 e. The fourth-order valence-electron chi connectivity index (χ4n) is 2.30. The van der Waals surface area contributed by atoms with Gasteiger partial charge < -0.3 is 5.32 Å². The van der Waals surface area contributed by atoms with E-state index in [1.807, 2.05) is 42.5 Å². The Morgan fingerprint density at radius 1 is 1.00 bits per heavy atom. The summed E-state index contributed by atoms with van der Waals surface area (Å²) in [7, 11) is 0. The summed E-state index contributed by atoms with van der Waals surface area (Å²) >= 11 is 0. The van der Waals surface area contributed by atoms with Crippen LogP contribution in [0.25, 0.3) is 17.2 Å². The minimum absolute atomic E-state index is 0.324. The van der Waals surface area contributed by atoms with Crippen LogP contribution in [0.3, 0.4) is 0 Å². The van der Waals surface area contributed by atoms with Crippen molar-refractivity contribution in [3.63, 3.8) is 0 Å². The molecule has 1 amide bonds. The molecule has 1 aromatic heterocycles. The summed E-state index contributed by atoms with van der Waals surface area (Å²) in [5.41, 5.74) is 2.43. The van der Waals surface area contributed by atoms with Gasteiger partial charge in [-0.05, 0) is 41.5 Å². The summed E-state index contributed by atoms with van der Waals surface area (Å²) in [6.07, 6.45) is 4.54. The third-order valence-corrected chi connectivity index (χ3v) is 3.41. The Balaban J connectivity index is 1.78. The van der Waals surface area contributed by atoms with Crippen LogP contribution in [0.1, 0.15) is 5.56 Å². The number of hydrogen-bond acceptors (Lipinski definition) is 2. The quantitative estimate of drug-likeness (QED) is 0.718. The van der Waals surface area contributed by atoms with Crippen LogP contribution in [0.4, 0.5) is 10.2 Å². The number of carbonyl (C=O) groups is 1. The van der Waals surface area contributed by atoms with Crippen molar-refractivity contribution in [1.29, 1.82) is 0 Å². The molecule has 3 nitrogen and oxygen atoms in total. The molecule has 0 aliphatic carbocycles. The van der Waals surface area contributed by atoms with Gasteiger partial charge in [-0.2, -0.15) is 0 Å². The molecular weight excluding hydrogens is 303 g/mol. The molecule has 1 heterocycles. The van der Waals surface area contributed by atoms with E-state index in [4.69, 9.17) is 0 Å². The molecule has 0 saturated carbocycles. The Labute approximate surface area is 139 Å². The molecule has 3 rings (SSSR count). The maximum atomic E-state index is 13.1. The first-order valence-electron chi connectivity index (χ1n) is 7.47. The molecule has 0 atom stereocenters. The summed E-state index contributed by atoms with van der Waals surface area (Å²) in [5, 5.41) is 2.76. The topological polar surface area (TPSA) is 42.0 Å². The molecule has 1 N–H and O–H groups in total. The molecule has 0 aliphatic rings. The van der Waals surface area contributed by atoms with E-state index in [0.717, 1.165) is 11.1 Å². The molecule has 0 radical (unpaired) electrons. The maximum absolute atomic E-state index is 13.1. The highest BCUT2D eigenvalue weighted by molar-refractivity contribution is 6.03. The summed E-state index contributed by atoms with van der Waals surface area (Å²) in [5.74, 6) is -0.179. The van der Waals surface area contributed by atoms with Gasteiger partial charge in [-0.3, -0.25) is 4.79 Å². The Hall–Kier alpha value is -3.27. The fraction of sp³-hybridized carbons (Fsp3) is 0. The van der Waals surface area contributed by atoms with E-state index in [-0.39, 0.29) is 11.7 Å². The molecule has 4 heteroatoms. The lowest BCUT2D eigenvalue weighted by atomic mass is 10.1. The molecule has 0 fully saturated rings.